The first kappa shape index (κ1) is 25.2. The molecule has 0 saturated carbocycles. The molecule has 4 aromatic rings. The van der Waals surface area contributed by atoms with Crippen molar-refractivity contribution < 1.29 is 13.2 Å². The maximum atomic E-state index is 14.9. The topological polar surface area (TPSA) is 62.1 Å². The Bertz CT molecular complexity index is 1440. The van der Waals surface area contributed by atoms with Gasteiger partial charge in [0, 0.05) is 55.6 Å². The van der Waals surface area contributed by atoms with E-state index in [4.69, 9.17) is 0 Å². The second-order valence-corrected chi connectivity index (χ2v) is 9.85. The van der Waals surface area contributed by atoms with Crippen molar-refractivity contribution >= 4 is 22.7 Å². The maximum absolute atomic E-state index is 14.9. The molecule has 3 heterocycles. The number of benzene rings is 2. The number of piperazine rings is 1. The van der Waals surface area contributed by atoms with Gasteiger partial charge in [-0.3, -0.25) is 4.90 Å². The van der Waals surface area contributed by atoms with Crippen molar-refractivity contribution in [1.82, 2.24) is 29.3 Å². The lowest BCUT2D eigenvalue weighted by molar-refractivity contribution is 0.147. The van der Waals surface area contributed by atoms with Crippen LogP contribution in [0.2, 0.25) is 0 Å². The van der Waals surface area contributed by atoms with Crippen LogP contribution in [0.4, 0.5) is 24.8 Å². The van der Waals surface area contributed by atoms with Crippen LogP contribution >= 0.6 is 0 Å². The van der Waals surface area contributed by atoms with Gasteiger partial charge in [-0.1, -0.05) is 6.07 Å². The summed E-state index contributed by atoms with van der Waals surface area (Å²) in [5.41, 5.74) is 2.05. The fourth-order valence-corrected chi connectivity index (χ4v) is 4.82. The maximum Gasteiger partial charge on any atom is 0.227 e. The number of halogens is 3. The van der Waals surface area contributed by atoms with E-state index < -0.39 is 11.6 Å². The summed E-state index contributed by atoms with van der Waals surface area (Å²) in [5, 5.41) is 2.94. The summed E-state index contributed by atoms with van der Waals surface area (Å²) in [4.78, 5) is 17.1. The quantitative estimate of drug-likeness (QED) is 0.381. The van der Waals surface area contributed by atoms with Crippen LogP contribution in [-0.4, -0.2) is 62.5 Å². The Balaban J connectivity index is 1.40. The molecule has 1 aliphatic heterocycles. The number of hydrogen-bond acceptors (Lipinski definition) is 6. The number of aromatic nitrogens is 4. The minimum absolute atomic E-state index is 0.0428. The van der Waals surface area contributed by atoms with Crippen molar-refractivity contribution in [3.05, 3.63) is 65.4 Å². The SMILES string of the molecule is Cc1nc2c(F)cc(-c3nc(Nc4ccc(CN5CCN(C)CC5)c(F)c4)ncc3F)cc2n1C(C)C. The Morgan fingerprint density at radius 1 is 0.946 bits per heavy atom. The Kier molecular flexibility index (Phi) is 6.87. The molecule has 7 nitrogen and oxygen atoms in total. The van der Waals surface area contributed by atoms with Gasteiger partial charge < -0.3 is 14.8 Å². The van der Waals surface area contributed by atoms with E-state index in [-0.39, 0.29) is 34.6 Å². The molecule has 194 valence electrons. The molecule has 1 aliphatic rings. The third-order valence-corrected chi connectivity index (χ3v) is 6.76. The van der Waals surface area contributed by atoms with E-state index in [1.54, 1.807) is 18.2 Å². The summed E-state index contributed by atoms with van der Waals surface area (Å²) in [6.07, 6.45) is 1.02. The highest BCUT2D eigenvalue weighted by Crippen LogP contribution is 2.30. The van der Waals surface area contributed by atoms with Crippen LogP contribution in [0, 0.1) is 24.4 Å². The second kappa shape index (κ2) is 10.1. The molecule has 2 aromatic heterocycles. The van der Waals surface area contributed by atoms with Crippen LogP contribution < -0.4 is 5.32 Å². The first-order chi connectivity index (χ1) is 17.7. The summed E-state index contributed by atoms with van der Waals surface area (Å²) in [6, 6.07) is 7.81. The van der Waals surface area contributed by atoms with Crippen LogP contribution in [0.15, 0.2) is 36.5 Å². The van der Waals surface area contributed by atoms with Crippen molar-refractivity contribution in [2.45, 2.75) is 33.4 Å². The second-order valence-electron chi connectivity index (χ2n) is 9.85. The number of aryl methyl sites for hydroxylation is 1. The first-order valence-electron chi connectivity index (χ1n) is 12.4. The number of hydrogen-bond donors (Lipinski definition) is 1. The van der Waals surface area contributed by atoms with E-state index in [1.165, 1.54) is 12.1 Å². The Labute approximate surface area is 214 Å². The van der Waals surface area contributed by atoms with Crippen molar-refractivity contribution in [3.63, 3.8) is 0 Å². The van der Waals surface area contributed by atoms with Gasteiger partial charge in [0.05, 0.1) is 11.7 Å². The number of anilines is 2. The van der Waals surface area contributed by atoms with Gasteiger partial charge in [-0.2, -0.15) is 0 Å². The molecule has 0 spiro atoms. The van der Waals surface area contributed by atoms with Gasteiger partial charge in [-0.05, 0) is 52.1 Å². The smallest absolute Gasteiger partial charge is 0.227 e. The Hall–Kier alpha value is -3.50. The summed E-state index contributed by atoms with van der Waals surface area (Å²) >= 11 is 0. The number of nitrogens with one attached hydrogen (secondary N) is 1. The van der Waals surface area contributed by atoms with Crippen LogP contribution in [-0.2, 0) is 6.54 Å². The number of nitrogens with zero attached hydrogens (tertiary/aromatic N) is 6. The van der Waals surface area contributed by atoms with Crippen molar-refractivity contribution in [2.24, 2.45) is 0 Å². The highest BCUT2D eigenvalue weighted by molar-refractivity contribution is 5.83. The zero-order valence-corrected chi connectivity index (χ0v) is 21.4. The Morgan fingerprint density at radius 3 is 2.41 bits per heavy atom. The first-order valence-corrected chi connectivity index (χ1v) is 12.4. The molecular formula is C27H30F3N7. The monoisotopic (exact) mass is 509 g/mol. The van der Waals surface area contributed by atoms with Gasteiger partial charge >= 0.3 is 0 Å². The van der Waals surface area contributed by atoms with Crippen molar-refractivity contribution in [1.29, 1.82) is 0 Å². The fraction of sp³-hybridized carbons (Fsp3) is 0.370. The molecule has 1 N–H and O–H groups in total. The standard InChI is InChI=1S/C27H30F3N7/c1-16(2)37-17(3)32-26-22(29)11-19(12-24(26)37)25-23(30)14-31-27(34-25)33-20-6-5-18(21(28)13-20)15-36-9-7-35(4)8-10-36/h5-6,11-14,16H,7-10,15H2,1-4H3,(H,31,33,34). The average Bonchev–Trinajstić information content (AvgIpc) is 3.20. The predicted octanol–water partition coefficient (Wildman–Crippen LogP) is 5.29. The molecule has 2 aromatic carbocycles. The molecule has 0 radical (unpaired) electrons. The molecule has 0 bridgehead atoms. The van der Waals surface area contributed by atoms with Gasteiger partial charge in [0.1, 0.15) is 22.9 Å². The molecule has 37 heavy (non-hydrogen) atoms. The van der Waals surface area contributed by atoms with Gasteiger partial charge in [0.2, 0.25) is 5.95 Å². The highest BCUT2D eigenvalue weighted by Gasteiger charge is 2.19. The van der Waals surface area contributed by atoms with Gasteiger partial charge in [0.25, 0.3) is 0 Å². The van der Waals surface area contributed by atoms with E-state index in [1.807, 2.05) is 25.3 Å². The number of imidazole rings is 1. The van der Waals surface area contributed by atoms with E-state index in [0.29, 0.717) is 29.1 Å². The number of likely N-dealkylation sites (N-methyl/N-ethyl adjacent to an activating group) is 1. The Morgan fingerprint density at radius 2 is 1.70 bits per heavy atom. The molecular weight excluding hydrogens is 479 g/mol. The van der Waals surface area contributed by atoms with Crippen molar-refractivity contribution in [3.8, 4) is 11.3 Å². The molecule has 0 unspecified atom stereocenters. The van der Waals surface area contributed by atoms with Crippen LogP contribution in [0.1, 0.15) is 31.3 Å². The third kappa shape index (κ3) is 5.17. The number of fused-ring (bicyclic) bond motifs is 1. The van der Waals surface area contributed by atoms with Crippen LogP contribution in [0.3, 0.4) is 0 Å². The molecule has 0 atom stereocenters. The van der Waals surface area contributed by atoms with Gasteiger partial charge in [0.15, 0.2) is 11.6 Å². The van der Waals surface area contributed by atoms with E-state index in [2.05, 4.69) is 37.1 Å². The highest BCUT2D eigenvalue weighted by atomic mass is 19.1. The zero-order chi connectivity index (χ0) is 26.3. The van der Waals surface area contributed by atoms with Crippen molar-refractivity contribution in [2.75, 3.05) is 38.5 Å². The fourth-order valence-electron chi connectivity index (χ4n) is 4.82. The predicted molar refractivity (Wildman–Crippen MR) is 138 cm³/mol. The van der Waals surface area contributed by atoms with Gasteiger partial charge in [-0.15, -0.1) is 0 Å². The van der Waals surface area contributed by atoms with E-state index in [9.17, 15) is 13.2 Å². The lowest BCUT2D eigenvalue weighted by atomic mass is 10.1. The summed E-state index contributed by atoms with van der Waals surface area (Å²) in [7, 11) is 2.08. The molecule has 5 rings (SSSR count). The lowest BCUT2D eigenvalue weighted by Gasteiger charge is -2.32. The minimum atomic E-state index is -0.690. The lowest BCUT2D eigenvalue weighted by Crippen LogP contribution is -2.44. The largest absolute Gasteiger partial charge is 0.326 e. The molecule has 0 aliphatic carbocycles. The molecule has 0 amide bonds. The minimum Gasteiger partial charge on any atom is -0.326 e. The summed E-state index contributed by atoms with van der Waals surface area (Å²) < 4.78 is 46.5. The van der Waals surface area contributed by atoms with E-state index in [0.717, 1.165) is 32.4 Å². The summed E-state index contributed by atoms with van der Waals surface area (Å²) in [6.45, 7) is 10.0. The molecule has 1 saturated heterocycles. The third-order valence-electron chi connectivity index (χ3n) is 6.76. The van der Waals surface area contributed by atoms with Crippen LogP contribution in [0.5, 0.6) is 0 Å². The normalized spacial score (nSPS) is 15.1. The average molecular weight is 510 g/mol. The van der Waals surface area contributed by atoms with Crippen LogP contribution in [0.25, 0.3) is 22.3 Å². The molecule has 10 heteroatoms. The zero-order valence-electron chi connectivity index (χ0n) is 21.4. The van der Waals surface area contributed by atoms with E-state index >= 15 is 0 Å². The van der Waals surface area contributed by atoms with Gasteiger partial charge in [-0.25, -0.2) is 28.1 Å². The molecule has 1 fully saturated rings. The summed E-state index contributed by atoms with van der Waals surface area (Å²) in [5.74, 6) is -0.830. The number of rotatable bonds is 6.